The molecule has 4 aliphatic rings. The number of ketones is 2. The summed E-state index contributed by atoms with van der Waals surface area (Å²) in [5.74, 6) is 2.90. The lowest BCUT2D eigenvalue weighted by molar-refractivity contribution is -0.132. The van der Waals surface area contributed by atoms with Crippen molar-refractivity contribution in [3.05, 3.63) is 11.6 Å². The summed E-state index contributed by atoms with van der Waals surface area (Å²) in [4.78, 5) is 24.3. The van der Waals surface area contributed by atoms with Gasteiger partial charge in [0.25, 0.3) is 0 Å². The van der Waals surface area contributed by atoms with E-state index in [1.54, 1.807) is 0 Å². The topological polar surface area (TPSA) is 34.1 Å². The summed E-state index contributed by atoms with van der Waals surface area (Å²) in [5, 5.41) is 0. The van der Waals surface area contributed by atoms with Gasteiger partial charge in [-0.05, 0) is 62.4 Å². The highest BCUT2D eigenvalue weighted by Crippen LogP contribution is 2.64. The van der Waals surface area contributed by atoms with Gasteiger partial charge in [-0.3, -0.25) is 9.59 Å². The zero-order valence-electron chi connectivity index (χ0n) is 13.4. The van der Waals surface area contributed by atoms with Gasteiger partial charge < -0.3 is 0 Å². The van der Waals surface area contributed by atoms with Gasteiger partial charge in [-0.2, -0.15) is 0 Å². The quantitative estimate of drug-likeness (QED) is 0.470. The number of carbonyl (C=O) groups is 2. The number of hydrogen-bond donors (Lipinski definition) is 0. The van der Waals surface area contributed by atoms with Crippen molar-refractivity contribution in [3.8, 4) is 0 Å². The summed E-state index contributed by atoms with van der Waals surface area (Å²) in [6, 6.07) is 0. The van der Waals surface area contributed by atoms with Gasteiger partial charge in [0.1, 0.15) is 5.78 Å². The summed E-state index contributed by atoms with van der Waals surface area (Å²) >= 11 is 2.56. The highest BCUT2D eigenvalue weighted by atomic mass is 127. The van der Waals surface area contributed by atoms with E-state index < -0.39 is 0 Å². The number of fused-ring (bicyclic) bond motifs is 5. The van der Waals surface area contributed by atoms with Gasteiger partial charge in [-0.15, -0.1) is 0 Å². The van der Waals surface area contributed by atoms with Gasteiger partial charge >= 0.3 is 0 Å². The molecule has 0 spiro atoms. The number of carbonyl (C=O) groups excluding carboxylic acids is 2. The number of Topliss-reactive ketones (excluding diaryl/α,β-unsaturated/α-hetero) is 1. The molecule has 0 aromatic heterocycles. The lowest BCUT2D eigenvalue weighted by atomic mass is 9.47. The Labute approximate surface area is 146 Å². The normalized spacial score (nSPS) is 47.5. The summed E-state index contributed by atoms with van der Waals surface area (Å²) in [5.41, 5.74) is 1.69. The molecule has 0 N–H and O–H groups in total. The molecule has 0 heterocycles. The van der Waals surface area contributed by atoms with Crippen molar-refractivity contribution < 1.29 is 9.59 Å². The maximum atomic E-state index is 12.4. The summed E-state index contributed by atoms with van der Waals surface area (Å²) < 4.78 is 1.14. The van der Waals surface area contributed by atoms with Crippen molar-refractivity contribution in [1.82, 2.24) is 0 Å². The first-order valence-electron chi connectivity index (χ1n) is 8.84. The van der Waals surface area contributed by atoms with Crippen LogP contribution in [0.3, 0.4) is 0 Å². The number of alkyl halides is 1. The fraction of sp³-hybridized carbons (Fsp3) is 0.789. The van der Waals surface area contributed by atoms with Crippen LogP contribution < -0.4 is 0 Å². The maximum absolute atomic E-state index is 12.4. The third-order valence-electron chi connectivity index (χ3n) is 7.63. The lowest BCUT2D eigenvalue weighted by Crippen LogP contribution is -2.52. The molecule has 0 saturated heterocycles. The minimum absolute atomic E-state index is 0.0284. The molecule has 3 fully saturated rings. The van der Waals surface area contributed by atoms with Crippen LogP contribution in [-0.4, -0.2) is 16.0 Å². The van der Waals surface area contributed by atoms with Crippen molar-refractivity contribution >= 4 is 34.2 Å². The van der Waals surface area contributed by atoms with Gasteiger partial charge in [0.05, 0.1) is 0 Å². The highest BCUT2D eigenvalue weighted by molar-refractivity contribution is 14.1. The number of hydrogen-bond acceptors (Lipinski definition) is 2. The third-order valence-corrected chi connectivity index (χ3v) is 8.99. The highest BCUT2D eigenvalue weighted by Gasteiger charge is 2.59. The van der Waals surface area contributed by atoms with Crippen LogP contribution in [0.25, 0.3) is 0 Å². The van der Waals surface area contributed by atoms with E-state index in [4.69, 9.17) is 0 Å². The molecule has 4 aliphatic carbocycles. The van der Waals surface area contributed by atoms with E-state index in [2.05, 4.69) is 29.5 Å². The smallest absolute Gasteiger partial charge is 0.155 e. The molecule has 0 aliphatic heterocycles. The zero-order valence-corrected chi connectivity index (χ0v) is 15.5. The molecule has 0 amide bonds. The minimum atomic E-state index is -0.0284. The molecule has 3 saturated carbocycles. The van der Waals surface area contributed by atoms with Crippen LogP contribution in [-0.2, 0) is 9.59 Å². The number of halogens is 1. The fourth-order valence-electron chi connectivity index (χ4n) is 6.38. The summed E-state index contributed by atoms with van der Waals surface area (Å²) in [6.45, 7) is 2.25. The zero-order chi connectivity index (χ0) is 15.5. The largest absolute Gasteiger partial charge is 0.299 e. The third kappa shape index (κ3) is 1.90. The van der Waals surface area contributed by atoms with Gasteiger partial charge in [0, 0.05) is 28.1 Å². The molecule has 0 aromatic carbocycles. The summed E-state index contributed by atoms with van der Waals surface area (Å²) in [6.07, 6.45) is 10.3. The average Bonchev–Trinajstić information content (AvgIpc) is 2.82. The first-order chi connectivity index (χ1) is 10.5. The van der Waals surface area contributed by atoms with Gasteiger partial charge in [0.15, 0.2) is 5.78 Å². The Morgan fingerprint density at radius 3 is 2.68 bits per heavy atom. The second-order valence-electron chi connectivity index (χ2n) is 8.26. The molecule has 0 unspecified atom stereocenters. The Balaban J connectivity index is 1.73. The van der Waals surface area contributed by atoms with Crippen molar-refractivity contribution in [1.29, 1.82) is 0 Å². The molecule has 120 valence electrons. The van der Waals surface area contributed by atoms with Crippen LogP contribution in [0.2, 0.25) is 0 Å². The van der Waals surface area contributed by atoms with E-state index in [-0.39, 0.29) is 10.8 Å². The van der Waals surface area contributed by atoms with Crippen LogP contribution in [0, 0.1) is 28.6 Å². The molecule has 5 atom stereocenters. The Morgan fingerprint density at radius 1 is 1.09 bits per heavy atom. The fourth-order valence-corrected chi connectivity index (χ4v) is 7.82. The number of allylic oxidation sites excluding steroid dienone is 1. The van der Waals surface area contributed by atoms with E-state index >= 15 is 0 Å². The Kier molecular flexibility index (Phi) is 3.59. The Morgan fingerprint density at radius 2 is 1.91 bits per heavy atom. The predicted molar refractivity (Wildman–Crippen MR) is 94.9 cm³/mol. The van der Waals surface area contributed by atoms with Crippen LogP contribution in [0.5, 0.6) is 0 Å². The van der Waals surface area contributed by atoms with Crippen LogP contribution >= 0.6 is 22.6 Å². The molecule has 4 rings (SSSR count). The van der Waals surface area contributed by atoms with Crippen molar-refractivity contribution in [2.24, 2.45) is 28.6 Å². The van der Waals surface area contributed by atoms with Crippen LogP contribution in [0.4, 0.5) is 0 Å². The molecule has 0 radical (unpaired) electrons. The van der Waals surface area contributed by atoms with Crippen molar-refractivity contribution in [3.63, 3.8) is 0 Å². The summed E-state index contributed by atoms with van der Waals surface area (Å²) in [7, 11) is 0. The molecule has 0 bridgehead atoms. The Bertz CT molecular complexity index is 566. The molecule has 3 heteroatoms. The van der Waals surface area contributed by atoms with E-state index in [1.807, 2.05) is 6.08 Å². The van der Waals surface area contributed by atoms with Crippen LogP contribution in [0.15, 0.2) is 11.6 Å². The average molecular weight is 412 g/mol. The monoisotopic (exact) mass is 412 g/mol. The molecule has 2 nitrogen and oxygen atoms in total. The molecule has 22 heavy (non-hydrogen) atoms. The first kappa shape index (κ1) is 15.3. The molecular weight excluding hydrogens is 387 g/mol. The van der Waals surface area contributed by atoms with Gasteiger partial charge in [-0.1, -0.05) is 35.1 Å². The van der Waals surface area contributed by atoms with E-state index in [0.717, 1.165) is 43.0 Å². The van der Waals surface area contributed by atoms with Gasteiger partial charge in [-0.25, -0.2) is 0 Å². The van der Waals surface area contributed by atoms with Crippen molar-refractivity contribution in [2.45, 2.75) is 58.3 Å². The number of rotatable bonds is 1. The lowest BCUT2D eigenvalue weighted by Gasteiger charge is -2.57. The second-order valence-corrected chi connectivity index (χ2v) is 9.02. The molecular formula is C19H25IO2. The van der Waals surface area contributed by atoms with Crippen LogP contribution in [0.1, 0.15) is 58.3 Å². The van der Waals surface area contributed by atoms with Gasteiger partial charge in [0.2, 0.25) is 0 Å². The first-order valence-corrected chi connectivity index (χ1v) is 10.4. The minimum Gasteiger partial charge on any atom is -0.299 e. The van der Waals surface area contributed by atoms with E-state index in [1.165, 1.54) is 18.4 Å². The second kappa shape index (κ2) is 5.15. The van der Waals surface area contributed by atoms with E-state index in [0.29, 0.717) is 29.3 Å². The standard InChI is InChI=1S/C19H25IO2/c1-18-8-7-16-14(15(18)4-5-17(18)22)3-2-12-10-13(21)6-9-19(12,16)11-20/h10,14-16H,2-9,11H2,1H3/t14-,15+,16+,18-,19+/m1/s1. The SMILES string of the molecule is C[C@@]12CC[C@H]3[C@H](CCC4=CC(=O)CC[C@]43CI)[C@@H]1CCC2=O. The molecule has 0 aromatic rings. The van der Waals surface area contributed by atoms with Crippen molar-refractivity contribution in [2.75, 3.05) is 4.43 Å². The van der Waals surface area contributed by atoms with E-state index in [9.17, 15) is 9.59 Å². The Hall–Kier alpha value is -0.190. The maximum Gasteiger partial charge on any atom is 0.155 e. The predicted octanol–water partition coefficient (Wildman–Crippen LogP) is 4.50.